The van der Waals surface area contributed by atoms with E-state index in [1.54, 1.807) is 12.3 Å². The van der Waals surface area contributed by atoms with Gasteiger partial charge >= 0.3 is 0 Å². The zero-order chi connectivity index (χ0) is 14.5. The summed E-state index contributed by atoms with van der Waals surface area (Å²) in [7, 11) is 1.52. The molecule has 0 atom stereocenters. The molecular weight excluding hydrogens is 328 g/mol. The summed E-state index contributed by atoms with van der Waals surface area (Å²) in [5.74, 6) is 1.18. The van der Waals surface area contributed by atoms with Crippen LogP contribution in [0, 0.1) is 10.1 Å². The minimum Gasteiger partial charge on any atom is -0.496 e. The van der Waals surface area contributed by atoms with Gasteiger partial charge in [0.1, 0.15) is 17.9 Å². The van der Waals surface area contributed by atoms with Gasteiger partial charge in [0.2, 0.25) is 0 Å². The van der Waals surface area contributed by atoms with E-state index < -0.39 is 4.92 Å². The van der Waals surface area contributed by atoms with Crippen LogP contribution in [0.1, 0.15) is 5.56 Å². The minimum absolute atomic E-state index is 0.0179. The van der Waals surface area contributed by atoms with Crippen molar-refractivity contribution in [1.29, 1.82) is 0 Å². The fourth-order valence-corrected chi connectivity index (χ4v) is 2.00. The number of aromatic nitrogens is 2. The molecule has 0 aliphatic carbocycles. The number of hydrogen-bond acceptors (Lipinski definition) is 6. The largest absolute Gasteiger partial charge is 0.496 e. The van der Waals surface area contributed by atoms with Crippen LogP contribution in [0.5, 0.6) is 5.75 Å². The smallest absolute Gasteiger partial charge is 0.270 e. The van der Waals surface area contributed by atoms with Gasteiger partial charge in [-0.15, -0.1) is 0 Å². The van der Waals surface area contributed by atoms with Crippen molar-refractivity contribution in [2.45, 2.75) is 6.54 Å². The van der Waals surface area contributed by atoms with Gasteiger partial charge in [-0.2, -0.15) is 0 Å². The van der Waals surface area contributed by atoms with Crippen LogP contribution >= 0.6 is 15.9 Å². The Hall–Kier alpha value is -2.22. The van der Waals surface area contributed by atoms with Crippen molar-refractivity contribution in [1.82, 2.24) is 9.97 Å². The third-order valence-electron chi connectivity index (χ3n) is 2.59. The Morgan fingerprint density at radius 2 is 2.30 bits per heavy atom. The predicted octanol–water partition coefficient (Wildman–Crippen LogP) is 2.77. The molecule has 0 unspecified atom stereocenters. The number of hydrogen-bond donors (Lipinski definition) is 1. The van der Waals surface area contributed by atoms with Crippen molar-refractivity contribution >= 4 is 27.4 Å². The maximum atomic E-state index is 10.8. The van der Waals surface area contributed by atoms with E-state index in [4.69, 9.17) is 4.74 Å². The van der Waals surface area contributed by atoms with Gasteiger partial charge in [-0.05, 0) is 22.0 Å². The molecule has 2 rings (SSSR count). The van der Waals surface area contributed by atoms with Crippen LogP contribution < -0.4 is 10.1 Å². The van der Waals surface area contributed by atoms with Gasteiger partial charge in [-0.1, -0.05) is 0 Å². The molecule has 20 heavy (non-hydrogen) atoms. The Morgan fingerprint density at radius 1 is 1.50 bits per heavy atom. The summed E-state index contributed by atoms with van der Waals surface area (Å²) >= 11 is 3.32. The first-order valence-corrected chi connectivity index (χ1v) is 6.42. The molecule has 0 saturated carbocycles. The van der Waals surface area contributed by atoms with Gasteiger partial charge in [0.25, 0.3) is 5.69 Å². The number of rotatable bonds is 5. The van der Waals surface area contributed by atoms with Gasteiger partial charge < -0.3 is 10.1 Å². The summed E-state index contributed by atoms with van der Waals surface area (Å²) in [6, 6.07) is 4.45. The van der Waals surface area contributed by atoms with Crippen LogP contribution in [0.3, 0.4) is 0 Å². The monoisotopic (exact) mass is 338 g/mol. The molecule has 1 aromatic heterocycles. The van der Waals surface area contributed by atoms with Crippen molar-refractivity contribution in [2.75, 3.05) is 12.4 Å². The molecule has 0 bridgehead atoms. The molecule has 1 heterocycles. The molecule has 8 heteroatoms. The molecule has 7 nitrogen and oxygen atoms in total. The Morgan fingerprint density at radius 3 is 2.95 bits per heavy atom. The number of nitro groups is 1. The maximum absolute atomic E-state index is 10.8. The number of nitro benzene ring substituents is 1. The first-order chi connectivity index (χ1) is 9.61. The maximum Gasteiger partial charge on any atom is 0.270 e. The lowest BCUT2D eigenvalue weighted by molar-refractivity contribution is -0.384. The van der Waals surface area contributed by atoms with E-state index in [0.717, 1.165) is 0 Å². The molecule has 2 aromatic rings. The fraction of sp³-hybridized carbons (Fsp3) is 0.167. The Bertz CT molecular complexity index is 636. The van der Waals surface area contributed by atoms with Crippen LogP contribution in [0.25, 0.3) is 0 Å². The average molecular weight is 339 g/mol. The molecule has 0 fully saturated rings. The second-order valence-corrected chi connectivity index (χ2v) is 4.68. The summed E-state index contributed by atoms with van der Waals surface area (Å²) in [5, 5.41) is 13.9. The summed E-state index contributed by atoms with van der Waals surface area (Å²) in [6.07, 6.45) is 3.03. The molecule has 1 aromatic carbocycles. The normalized spacial score (nSPS) is 10.1. The summed E-state index contributed by atoms with van der Waals surface area (Å²) in [5.41, 5.74) is 0.691. The molecule has 0 saturated heterocycles. The van der Waals surface area contributed by atoms with Crippen molar-refractivity contribution in [2.24, 2.45) is 0 Å². The van der Waals surface area contributed by atoms with E-state index in [2.05, 4.69) is 31.2 Å². The van der Waals surface area contributed by atoms with Gasteiger partial charge in [-0.3, -0.25) is 10.1 Å². The average Bonchev–Trinajstić information content (AvgIpc) is 2.46. The topological polar surface area (TPSA) is 90.2 Å². The Balaban J connectivity index is 2.22. The lowest BCUT2D eigenvalue weighted by Crippen LogP contribution is -2.04. The number of benzene rings is 1. The van der Waals surface area contributed by atoms with E-state index in [0.29, 0.717) is 28.1 Å². The lowest BCUT2D eigenvalue weighted by Gasteiger charge is -2.10. The zero-order valence-corrected chi connectivity index (χ0v) is 12.1. The third-order valence-corrected chi connectivity index (χ3v) is 3.17. The van der Waals surface area contributed by atoms with Crippen LogP contribution in [0.2, 0.25) is 0 Å². The predicted molar refractivity (Wildman–Crippen MR) is 76.7 cm³/mol. The molecule has 0 aliphatic heterocycles. The fourth-order valence-electron chi connectivity index (χ4n) is 1.64. The Kier molecular flexibility index (Phi) is 4.46. The SMILES string of the molecule is COc1ccc([N+](=O)[O-])cc1CNc1ncncc1Br. The third kappa shape index (κ3) is 3.21. The number of methoxy groups -OCH3 is 1. The number of ether oxygens (including phenoxy) is 1. The quantitative estimate of drug-likeness (QED) is 0.665. The number of halogens is 1. The highest BCUT2D eigenvalue weighted by atomic mass is 79.9. The van der Waals surface area contributed by atoms with Crippen LogP contribution in [-0.4, -0.2) is 22.0 Å². The Labute approximate surface area is 123 Å². The number of nitrogens with zero attached hydrogens (tertiary/aromatic N) is 3. The van der Waals surface area contributed by atoms with E-state index >= 15 is 0 Å². The standard InChI is InChI=1S/C12H11BrN4O3/c1-20-11-3-2-9(17(18)19)4-8(11)5-15-12-10(13)6-14-7-16-12/h2-4,6-7H,5H2,1H3,(H,14,15,16). The van der Waals surface area contributed by atoms with Gasteiger partial charge in [0.15, 0.2) is 0 Å². The van der Waals surface area contributed by atoms with Crippen molar-refractivity contribution < 1.29 is 9.66 Å². The number of nitrogens with one attached hydrogen (secondary N) is 1. The van der Waals surface area contributed by atoms with Crippen molar-refractivity contribution in [3.05, 3.63) is 50.9 Å². The highest BCUT2D eigenvalue weighted by molar-refractivity contribution is 9.10. The lowest BCUT2D eigenvalue weighted by atomic mass is 10.1. The summed E-state index contributed by atoms with van der Waals surface area (Å²) < 4.78 is 5.90. The molecule has 0 aliphatic rings. The van der Waals surface area contributed by atoms with Gasteiger partial charge in [-0.25, -0.2) is 9.97 Å². The molecular formula is C12H11BrN4O3. The van der Waals surface area contributed by atoms with E-state index in [1.807, 2.05) is 0 Å². The second-order valence-electron chi connectivity index (χ2n) is 3.83. The molecule has 0 amide bonds. The summed E-state index contributed by atoms with van der Waals surface area (Å²) in [4.78, 5) is 18.3. The van der Waals surface area contributed by atoms with E-state index in [-0.39, 0.29) is 5.69 Å². The summed E-state index contributed by atoms with van der Waals surface area (Å²) in [6.45, 7) is 0.348. The number of anilines is 1. The van der Waals surface area contributed by atoms with Crippen LogP contribution in [0.4, 0.5) is 11.5 Å². The molecule has 0 radical (unpaired) electrons. The van der Waals surface area contributed by atoms with Crippen LogP contribution in [-0.2, 0) is 6.54 Å². The minimum atomic E-state index is -0.441. The zero-order valence-electron chi connectivity index (χ0n) is 10.5. The molecule has 104 valence electrons. The first-order valence-electron chi connectivity index (χ1n) is 5.62. The molecule has 0 spiro atoms. The van der Waals surface area contributed by atoms with E-state index in [1.165, 1.54) is 25.6 Å². The highest BCUT2D eigenvalue weighted by Crippen LogP contribution is 2.25. The molecule has 1 N–H and O–H groups in total. The van der Waals surface area contributed by atoms with Gasteiger partial charge in [0.05, 0.1) is 16.5 Å². The van der Waals surface area contributed by atoms with Crippen molar-refractivity contribution in [3.63, 3.8) is 0 Å². The highest BCUT2D eigenvalue weighted by Gasteiger charge is 2.11. The number of non-ortho nitro benzene ring substituents is 1. The second kappa shape index (κ2) is 6.29. The van der Waals surface area contributed by atoms with E-state index in [9.17, 15) is 10.1 Å². The van der Waals surface area contributed by atoms with Gasteiger partial charge in [0, 0.05) is 30.4 Å². The van der Waals surface area contributed by atoms with Crippen LogP contribution in [0.15, 0.2) is 35.2 Å². The first kappa shape index (κ1) is 14.2. The van der Waals surface area contributed by atoms with Crippen molar-refractivity contribution in [3.8, 4) is 5.75 Å².